The highest BCUT2D eigenvalue weighted by molar-refractivity contribution is 5.57. The monoisotopic (exact) mass is 282 g/mol. The van der Waals surface area contributed by atoms with E-state index in [9.17, 15) is 9.50 Å². The fourth-order valence-electron chi connectivity index (χ4n) is 2.58. The van der Waals surface area contributed by atoms with Gasteiger partial charge in [0.1, 0.15) is 5.82 Å². The normalized spacial score (nSPS) is 24.8. The Balaban J connectivity index is 2.39. The van der Waals surface area contributed by atoms with Gasteiger partial charge in [-0.3, -0.25) is 0 Å². The zero-order chi connectivity index (χ0) is 14.7. The number of aliphatic hydroxyl groups is 1. The summed E-state index contributed by atoms with van der Waals surface area (Å²) in [6.45, 7) is 4.96. The second kappa shape index (κ2) is 6.52. The zero-order valence-corrected chi connectivity index (χ0v) is 12.3. The smallest absolute Gasteiger partial charge is 0.146 e. The lowest BCUT2D eigenvalue weighted by Gasteiger charge is -2.40. The molecular formula is C15H23FN2O2. The molecule has 20 heavy (non-hydrogen) atoms. The maximum atomic E-state index is 14.4. The summed E-state index contributed by atoms with van der Waals surface area (Å²) in [4.78, 5) is 2.00. The lowest BCUT2D eigenvalue weighted by atomic mass is 10.0. The van der Waals surface area contributed by atoms with Crippen LogP contribution in [0.4, 0.5) is 10.1 Å². The molecule has 1 saturated heterocycles. The summed E-state index contributed by atoms with van der Waals surface area (Å²) in [5, 5.41) is 12.4. The first-order chi connectivity index (χ1) is 9.58. The Morgan fingerprint density at radius 3 is 2.95 bits per heavy atom. The fraction of sp³-hybridized carbons (Fsp3) is 0.600. The summed E-state index contributed by atoms with van der Waals surface area (Å²) in [5.41, 5.74) is 1.54. The second-order valence-electron chi connectivity index (χ2n) is 5.33. The molecule has 0 bridgehead atoms. The third-order valence-electron chi connectivity index (χ3n) is 3.91. The largest absolute Gasteiger partial charge is 0.394 e. The molecule has 2 rings (SSSR count). The van der Waals surface area contributed by atoms with Crippen LogP contribution in [0.15, 0.2) is 18.2 Å². The van der Waals surface area contributed by atoms with Crippen molar-refractivity contribution in [1.82, 2.24) is 5.32 Å². The van der Waals surface area contributed by atoms with Crippen molar-refractivity contribution in [3.63, 3.8) is 0 Å². The standard InChI is InChI=1S/C15H23FN2O2/c1-10-9-20-12(8-19)7-18(10)15-13(11(2)17-3)5-4-6-14(15)16/h4-6,10-12,17,19H,7-9H2,1-3H3. The van der Waals surface area contributed by atoms with Crippen molar-refractivity contribution in [3.05, 3.63) is 29.6 Å². The summed E-state index contributed by atoms with van der Waals surface area (Å²) >= 11 is 0. The van der Waals surface area contributed by atoms with Crippen molar-refractivity contribution >= 4 is 5.69 Å². The van der Waals surface area contributed by atoms with Crippen molar-refractivity contribution in [3.8, 4) is 0 Å². The minimum absolute atomic E-state index is 0.0470. The lowest BCUT2D eigenvalue weighted by molar-refractivity contribution is -0.0105. The Hall–Kier alpha value is -1.17. The first kappa shape index (κ1) is 15.2. The van der Waals surface area contributed by atoms with Gasteiger partial charge in [0, 0.05) is 18.6 Å². The van der Waals surface area contributed by atoms with E-state index in [0.29, 0.717) is 18.8 Å². The number of aliphatic hydroxyl groups excluding tert-OH is 1. The van der Waals surface area contributed by atoms with E-state index < -0.39 is 0 Å². The van der Waals surface area contributed by atoms with Gasteiger partial charge in [-0.15, -0.1) is 0 Å². The van der Waals surface area contributed by atoms with Gasteiger partial charge in [0.25, 0.3) is 0 Å². The zero-order valence-electron chi connectivity index (χ0n) is 12.3. The molecule has 112 valence electrons. The Bertz CT molecular complexity index is 455. The van der Waals surface area contributed by atoms with Gasteiger partial charge < -0.3 is 20.1 Å². The molecule has 1 aliphatic rings. The molecule has 2 N–H and O–H groups in total. The predicted molar refractivity (Wildman–Crippen MR) is 77.5 cm³/mol. The molecule has 1 fully saturated rings. The average Bonchev–Trinajstić information content (AvgIpc) is 2.47. The van der Waals surface area contributed by atoms with Gasteiger partial charge in [-0.25, -0.2) is 4.39 Å². The Kier molecular flexibility index (Phi) is 4.96. The van der Waals surface area contributed by atoms with Gasteiger partial charge in [-0.1, -0.05) is 12.1 Å². The highest BCUT2D eigenvalue weighted by atomic mass is 19.1. The minimum Gasteiger partial charge on any atom is -0.394 e. The van der Waals surface area contributed by atoms with E-state index in [0.717, 1.165) is 5.56 Å². The molecule has 4 nitrogen and oxygen atoms in total. The van der Waals surface area contributed by atoms with Crippen LogP contribution < -0.4 is 10.2 Å². The molecule has 0 radical (unpaired) electrons. The summed E-state index contributed by atoms with van der Waals surface area (Å²) in [7, 11) is 1.86. The highest BCUT2D eigenvalue weighted by Crippen LogP contribution is 2.32. The molecule has 1 aromatic carbocycles. The van der Waals surface area contributed by atoms with Crippen LogP contribution in [0.1, 0.15) is 25.5 Å². The van der Waals surface area contributed by atoms with Crippen LogP contribution in [0, 0.1) is 5.82 Å². The number of benzene rings is 1. The van der Waals surface area contributed by atoms with Crippen LogP contribution in [-0.2, 0) is 4.74 Å². The Labute approximate surface area is 119 Å². The number of nitrogens with one attached hydrogen (secondary N) is 1. The summed E-state index contributed by atoms with van der Waals surface area (Å²) in [6.07, 6.45) is -0.261. The molecular weight excluding hydrogens is 259 g/mol. The molecule has 0 saturated carbocycles. The summed E-state index contributed by atoms with van der Waals surface area (Å²) in [6, 6.07) is 5.30. The van der Waals surface area contributed by atoms with Crippen molar-refractivity contribution in [2.45, 2.75) is 32.0 Å². The molecule has 0 aromatic heterocycles. The van der Waals surface area contributed by atoms with Gasteiger partial charge in [0.15, 0.2) is 0 Å². The van der Waals surface area contributed by atoms with Gasteiger partial charge >= 0.3 is 0 Å². The first-order valence-electron chi connectivity index (χ1n) is 7.03. The van der Waals surface area contributed by atoms with E-state index in [1.54, 1.807) is 6.07 Å². The van der Waals surface area contributed by atoms with Crippen LogP contribution in [0.3, 0.4) is 0 Å². The van der Waals surface area contributed by atoms with E-state index in [4.69, 9.17) is 4.74 Å². The van der Waals surface area contributed by atoms with Crippen LogP contribution in [-0.4, -0.2) is 44.1 Å². The molecule has 5 heteroatoms. The van der Waals surface area contributed by atoms with Gasteiger partial charge in [-0.05, 0) is 32.5 Å². The van der Waals surface area contributed by atoms with Crippen molar-refractivity contribution < 1.29 is 14.2 Å². The number of hydrogen-bond acceptors (Lipinski definition) is 4. The molecule has 1 aliphatic heterocycles. The average molecular weight is 282 g/mol. The van der Waals surface area contributed by atoms with Crippen LogP contribution in [0.5, 0.6) is 0 Å². The summed E-state index contributed by atoms with van der Waals surface area (Å²) in [5.74, 6) is -0.227. The first-order valence-corrected chi connectivity index (χ1v) is 7.03. The van der Waals surface area contributed by atoms with Gasteiger partial charge in [0.05, 0.1) is 25.0 Å². The van der Waals surface area contributed by atoms with Crippen molar-refractivity contribution in [1.29, 1.82) is 0 Å². The number of para-hydroxylation sites is 1. The number of halogens is 1. The Morgan fingerprint density at radius 2 is 2.30 bits per heavy atom. The van der Waals surface area contributed by atoms with E-state index in [-0.39, 0.29) is 30.6 Å². The number of ether oxygens (including phenoxy) is 1. The van der Waals surface area contributed by atoms with Crippen molar-refractivity contribution in [2.24, 2.45) is 0 Å². The van der Waals surface area contributed by atoms with Crippen LogP contribution in [0.2, 0.25) is 0 Å². The molecule has 0 amide bonds. The number of rotatable bonds is 4. The lowest BCUT2D eigenvalue weighted by Crippen LogP contribution is -2.50. The fourth-order valence-corrected chi connectivity index (χ4v) is 2.58. The van der Waals surface area contributed by atoms with Gasteiger partial charge in [-0.2, -0.15) is 0 Å². The van der Waals surface area contributed by atoms with E-state index in [1.165, 1.54) is 6.07 Å². The third-order valence-corrected chi connectivity index (χ3v) is 3.91. The maximum Gasteiger partial charge on any atom is 0.146 e. The van der Waals surface area contributed by atoms with Crippen molar-refractivity contribution in [2.75, 3.05) is 31.7 Å². The van der Waals surface area contributed by atoms with Gasteiger partial charge in [0.2, 0.25) is 0 Å². The maximum absolute atomic E-state index is 14.4. The molecule has 1 heterocycles. The summed E-state index contributed by atoms with van der Waals surface area (Å²) < 4.78 is 19.9. The molecule has 3 unspecified atom stereocenters. The number of morpholine rings is 1. The minimum atomic E-state index is -0.261. The molecule has 0 spiro atoms. The number of anilines is 1. The third kappa shape index (κ3) is 2.95. The number of nitrogens with zero attached hydrogens (tertiary/aromatic N) is 1. The molecule has 1 aromatic rings. The predicted octanol–water partition coefficient (Wildman–Crippen LogP) is 1.69. The topological polar surface area (TPSA) is 44.7 Å². The Morgan fingerprint density at radius 1 is 1.55 bits per heavy atom. The highest BCUT2D eigenvalue weighted by Gasteiger charge is 2.29. The molecule has 3 atom stereocenters. The van der Waals surface area contributed by atoms with E-state index in [2.05, 4.69) is 5.32 Å². The van der Waals surface area contributed by atoms with E-state index in [1.807, 2.05) is 31.9 Å². The quantitative estimate of drug-likeness (QED) is 0.882. The number of hydrogen-bond donors (Lipinski definition) is 2. The van der Waals surface area contributed by atoms with E-state index >= 15 is 0 Å². The van der Waals surface area contributed by atoms with Crippen LogP contribution >= 0.6 is 0 Å². The second-order valence-corrected chi connectivity index (χ2v) is 5.33. The molecule has 0 aliphatic carbocycles. The SMILES string of the molecule is CNC(C)c1cccc(F)c1N1CC(CO)OCC1C. The van der Waals surface area contributed by atoms with Crippen LogP contribution in [0.25, 0.3) is 0 Å².